The van der Waals surface area contributed by atoms with Crippen LogP contribution in [-0.4, -0.2) is 27.2 Å². The van der Waals surface area contributed by atoms with E-state index in [0.717, 1.165) is 31.2 Å². The van der Waals surface area contributed by atoms with Gasteiger partial charge in [-0.2, -0.15) is 0 Å². The number of aliphatic hydroxyl groups is 1. The molecule has 1 aliphatic rings. The maximum atomic E-state index is 10.4. The fourth-order valence-corrected chi connectivity index (χ4v) is 2.37. The molecule has 2 N–H and O–H groups in total. The Bertz CT molecular complexity index is 391. The number of rotatable bonds is 3. The second kappa shape index (κ2) is 5.19. The summed E-state index contributed by atoms with van der Waals surface area (Å²) in [7, 11) is 0. The first-order valence-corrected chi connectivity index (χ1v) is 6.42. The van der Waals surface area contributed by atoms with Gasteiger partial charge in [0.05, 0.1) is 5.60 Å². The first-order chi connectivity index (χ1) is 8.09. The van der Waals surface area contributed by atoms with Crippen LogP contribution in [-0.2, 0) is 0 Å². The summed E-state index contributed by atoms with van der Waals surface area (Å²) in [6, 6.07) is 0. The third-order valence-corrected chi connectivity index (χ3v) is 3.49. The Kier molecular flexibility index (Phi) is 3.84. The van der Waals surface area contributed by atoms with Crippen molar-refractivity contribution in [2.45, 2.75) is 44.6 Å². The first kappa shape index (κ1) is 12.6. The number of anilines is 1. The van der Waals surface area contributed by atoms with Crippen LogP contribution in [0.5, 0.6) is 0 Å². The van der Waals surface area contributed by atoms with Gasteiger partial charge in [-0.25, -0.2) is 9.97 Å². The molecular formula is C12H18ClN3O. The highest BCUT2D eigenvalue weighted by atomic mass is 35.5. The van der Waals surface area contributed by atoms with Gasteiger partial charge in [0.1, 0.15) is 5.82 Å². The van der Waals surface area contributed by atoms with Crippen LogP contribution in [0.4, 0.5) is 5.82 Å². The number of halogens is 1. The molecule has 94 valence electrons. The van der Waals surface area contributed by atoms with Crippen molar-refractivity contribution in [1.29, 1.82) is 0 Å². The van der Waals surface area contributed by atoms with Gasteiger partial charge in [0.25, 0.3) is 0 Å². The summed E-state index contributed by atoms with van der Waals surface area (Å²) in [5, 5.41) is 13.8. The summed E-state index contributed by atoms with van der Waals surface area (Å²) < 4.78 is 0. The van der Waals surface area contributed by atoms with Crippen LogP contribution in [0.2, 0.25) is 5.28 Å². The van der Waals surface area contributed by atoms with Crippen LogP contribution in [0.1, 0.15) is 37.7 Å². The zero-order valence-electron chi connectivity index (χ0n) is 10.0. The van der Waals surface area contributed by atoms with Gasteiger partial charge >= 0.3 is 0 Å². The van der Waals surface area contributed by atoms with E-state index >= 15 is 0 Å². The number of aryl methyl sites for hydroxylation is 1. The molecule has 17 heavy (non-hydrogen) atoms. The van der Waals surface area contributed by atoms with Crippen molar-refractivity contribution in [3.05, 3.63) is 17.0 Å². The Morgan fingerprint density at radius 1 is 1.41 bits per heavy atom. The summed E-state index contributed by atoms with van der Waals surface area (Å²) in [6.45, 7) is 2.45. The lowest BCUT2D eigenvalue weighted by Gasteiger charge is -2.32. The highest BCUT2D eigenvalue weighted by Crippen LogP contribution is 2.28. The summed E-state index contributed by atoms with van der Waals surface area (Å²) in [4.78, 5) is 8.02. The van der Waals surface area contributed by atoms with E-state index in [9.17, 15) is 5.11 Å². The van der Waals surface area contributed by atoms with Gasteiger partial charge in [-0.15, -0.1) is 0 Å². The number of aromatic nitrogens is 2. The summed E-state index contributed by atoms with van der Waals surface area (Å²) >= 11 is 5.75. The molecule has 1 saturated carbocycles. The minimum absolute atomic E-state index is 0.230. The van der Waals surface area contributed by atoms with E-state index in [1.54, 1.807) is 6.20 Å². The Hall–Kier alpha value is -0.870. The first-order valence-electron chi connectivity index (χ1n) is 6.04. The molecule has 0 spiro atoms. The lowest BCUT2D eigenvalue weighted by Crippen LogP contribution is -2.39. The largest absolute Gasteiger partial charge is 0.388 e. The summed E-state index contributed by atoms with van der Waals surface area (Å²) in [5.41, 5.74) is 0.344. The highest BCUT2D eigenvalue weighted by Gasteiger charge is 2.29. The lowest BCUT2D eigenvalue weighted by atomic mass is 9.85. The number of nitrogens with one attached hydrogen (secondary N) is 1. The molecular weight excluding hydrogens is 238 g/mol. The van der Waals surface area contributed by atoms with E-state index in [1.165, 1.54) is 6.42 Å². The van der Waals surface area contributed by atoms with E-state index in [-0.39, 0.29) is 5.28 Å². The molecule has 0 saturated heterocycles. The molecule has 1 aliphatic carbocycles. The molecule has 1 fully saturated rings. The minimum atomic E-state index is -0.595. The molecule has 0 amide bonds. The number of hydrogen-bond acceptors (Lipinski definition) is 4. The molecule has 5 heteroatoms. The fraction of sp³-hybridized carbons (Fsp3) is 0.667. The average Bonchev–Trinajstić information content (AvgIpc) is 2.31. The Morgan fingerprint density at radius 3 is 2.82 bits per heavy atom. The fourth-order valence-electron chi connectivity index (χ4n) is 2.23. The molecule has 1 heterocycles. The molecule has 4 nitrogen and oxygen atoms in total. The Balaban J connectivity index is 1.99. The van der Waals surface area contributed by atoms with Crippen LogP contribution in [0.15, 0.2) is 6.20 Å². The van der Waals surface area contributed by atoms with Gasteiger partial charge in [0.15, 0.2) is 0 Å². The number of hydrogen-bond donors (Lipinski definition) is 2. The van der Waals surface area contributed by atoms with E-state index in [4.69, 9.17) is 11.6 Å². The van der Waals surface area contributed by atoms with Crippen molar-refractivity contribution < 1.29 is 5.11 Å². The van der Waals surface area contributed by atoms with Gasteiger partial charge in [-0.05, 0) is 31.4 Å². The molecule has 2 rings (SSSR count). The zero-order chi connectivity index (χ0) is 12.3. The maximum absolute atomic E-state index is 10.4. The van der Waals surface area contributed by atoms with E-state index < -0.39 is 5.60 Å². The van der Waals surface area contributed by atoms with E-state index in [1.807, 2.05) is 6.92 Å². The zero-order valence-corrected chi connectivity index (χ0v) is 10.8. The SMILES string of the molecule is Cc1cnc(Cl)nc1NCC1(O)CCCCC1. The third-order valence-electron chi connectivity index (χ3n) is 3.31. The summed E-state index contributed by atoms with van der Waals surface area (Å²) in [5.74, 6) is 0.712. The smallest absolute Gasteiger partial charge is 0.224 e. The van der Waals surface area contributed by atoms with Crippen molar-refractivity contribution in [2.75, 3.05) is 11.9 Å². The number of nitrogens with zero attached hydrogens (tertiary/aromatic N) is 2. The Labute approximate surface area is 106 Å². The molecule has 0 bridgehead atoms. The standard InChI is InChI=1S/C12H18ClN3O/c1-9-7-14-11(13)16-10(9)15-8-12(17)5-3-2-4-6-12/h7,17H,2-6,8H2,1H3,(H,14,15,16). The topological polar surface area (TPSA) is 58.0 Å². The van der Waals surface area contributed by atoms with Gasteiger partial charge in [-0.3, -0.25) is 0 Å². The van der Waals surface area contributed by atoms with Crippen molar-refractivity contribution in [2.24, 2.45) is 0 Å². The van der Waals surface area contributed by atoms with Crippen LogP contribution >= 0.6 is 11.6 Å². The minimum Gasteiger partial charge on any atom is -0.388 e. The average molecular weight is 256 g/mol. The molecule has 1 aromatic rings. The predicted octanol–water partition coefficient (Wildman–Crippen LogP) is 2.55. The summed E-state index contributed by atoms with van der Waals surface area (Å²) in [6.07, 6.45) is 6.82. The van der Waals surface area contributed by atoms with E-state index in [2.05, 4.69) is 15.3 Å². The molecule has 1 aromatic heterocycles. The second-order valence-electron chi connectivity index (χ2n) is 4.81. The van der Waals surface area contributed by atoms with Crippen LogP contribution in [0.25, 0.3) is 0 Å². The molecule has 0 unspecified atom stereocenters. The third kappa shape index (κ3) is 3.30. The molecule has 0 radical (unpaired) electrons. The highest BCUT2D eigenvalue weighted by molar-refractivity contribution is 6.28. The van der Waals surface area contributed by atoms with Gasteiger partial charge in [0, 0.05) is 18.3 Å². The van der Waals surface area contributed by atoms with Crippen molar-refractivity contribution in [1.82, 2.24) is 9.97 Å². The molecule has 0 aliphatic heterocycles. The van der Waals surface area contributed by atoms with Gasteiger partial charge in [0.2, 0.25) is 5.28 Å². The van der Waals surface area contributed by atoms with Crippen molar-refractivity contribution in [3.8, 4) is 0 Å². The molecule has 0 aromatic carbocycles. The Morgan fingerprint density at radius 2 is 2.12 bits per heavy atom. The van der Waals surface area contributed by atoms with Crippen LogP contribution in [0, 0.1) is 6.92 Å². The quantitative estimate of drug-likeness (QED) is 0.815. The van der Waals surface area contributed by atoms with Gasteiger partial charge in [-0.1, -0.05) is 19.3 Å². The second-order valence-corrected chi connectivity index (χ2v) is 5.15. The van der Waals surface area contributed by atoms with Crippen molar-refractivity contribution >= 4 is 17.4 Å². The van der Waals surface area contributed by atoms with Gasteiger partial charge < -0.3 is 10.4 Å². The normalized spacial score (nSPS) is 19.0. The van der Waals surface area contributed by atoms with Crippen LogP contribution < -0.4 is 5.32 Å². The molecule has 0 atom stereocenters. The van der Waals surface area contributed by atoms with Crippen molar-refractivity contribution in [3.63, 3.8) is 0 Å². The van der Waals surface area contributed by atoms with E-state index in [0.29, 0.717) is 12.4 Å². The maximum Gasteiger partial charge on any atom is 0.224 e. The predicted molar refractivity (Wildman–Crippen MR) is 68.3 cm³/mol. The lowest BCUT2D eigenvalue weighted by molar-refractivity contribution is 0.0166. The monoisotopic (exact) mass is 255 g/mol. The van der Waals surface area contributed by atoms with Crippen LogP contribution in [0.3, 0.4) is 0 Å².